The number of aryl methyl sites for hydroxylation is 1. The summed E-state index contributed by atoms with van der Waals surface area (Å²) in [5.74, 6) is 0.657. The van der Waals surface area contributed by atoms with Gasteiger partial charge in [0.05, 0.1) is 0 Å². The minimum Gasteiger partial charge on any atom is -0.327 e. The van der Waals surface area contributed by atoms with E-state index in [0.29, 0.717) is 12.0 Å². The quantitative estimate of drug-likeness (QED) is 0.786. The van der Waals surface area contributed by atoms with E-state index in [1.54, 1.807) is 0 Å². The molecule has 0 aromatic heterocycles. The summed E-state index contributed by atoms with van der Waals surface area (Å²) in [6, 6.07) is 9.12. The summed E-state index contributed by atoms with van der Waals surface area (Å²) >= 11 is 0. The van der Waals surface area contributed by atoms with Gasteiger partial charge in [-0.2, -0.15) is 0 Å². The summed E-state index contributed by atoms with van der Waals surface area (Å²) in [6.45, 7) is 6.04. The van der Waals surface area contributed by atoms with E-state index in [9.17, 15) is 0 Å². The van der Waals surface area contributed by atoms with Gasteiger partial charge in [-0.15, -0.1) is 6.58 Å². The predicted molar refractivity (Wildman–Crippen MR) is 74.0 cm³/mol. The summed E-state index contributed by atoms with van der Waals surface area (Å²) in [4.78, 5) is 0. The summed E-state index contributed by atoms with van der Waals surface area (Å²) < 4.78 is 0. The average molecular weight is 229 g/mol. The third-order valence-corrected chi connectivity index (χ3v) is 3.89. The molecule has 1 aliphatic rings. The zero-order valence-corrected chi connectivity index (χ0v) is 10.8. The van der Waals surface area contributed by atoms with Gasteiger partial charge < -0.3 is 5.73 Å². The van der Waals surface area contributed by atoms with Crippen LogP contribution >= 0.6 is 0 Å². The van der Waals surface area contributed by atoms with Crippen LogP contribution in [0.4, 0.5) is 0 Å². The van der Waals surface area contributed by atoms with Crippen LogP contribution in [0, 0.1) is 5.92 Å². The second kappa shape index (κ2) is 5.50. The maximum atomic E-state index is 6.31. The van der Waals surface area contributed by atoms with Crippen LogP contribution in [0.2, 0.25) is 0 Å². The van der Waals surface area contributed by atoms with E-state index in [2.05, 4.69) is 37.8 Å². The van der Waals surface area contributed by atoms with Crippen LogP contribution in [0.1, 0.15) is 37.3 Å². The molecule has 1 aromatic rings. The molecule has 1 heteroatoms. The number of fused-ring (bicyclic) bond motifs is 1. The lowest BCUT2D eigenvalue weighted by molar-refractivity contribution is 0.359. The van der Waals surface area contributed by atoms with E-state index in [0.717, 1.165) is 19.3 Å². The molecule has 0 saturated carbocycles. The Bertz CT molecular complexity index is 394. The van der Waals surface area contributed by atoms with Crippen molar-refractivity contribution in [3.8, 4) is 0 Å². The monoisotopic (exact) mass is 229 g/mol. The number of hydrogen-bond donors (Lipinski definition) is 1. The highest BCUT2D eigenvalue weighted by Gasteiger charge is 2.23. The topological polar surface area (TPSA) is 26.0 Å². The molecule has 0 radical (unpaired) electrons. The molecule has 1 nitrogen and oxygen atoms in total. The van der Waals surface area contributed by atoms with Crippen LogP contribution in [0.5, 0.6) is 0 Å². The zero-order chi connectivity index (χ0) is 12.3. The molecule has 0 aliphatic heterocycles. The van der Waals surface area contributed by atoms with Crippen molar-refractivity contribution < 1.29 is 0 Å². The molecule has 0 saturated heterocycles. The minimum absolute atomic E-state index is 0.333. The molecular weight excluding hydrogens is 206 g/mol. The lowest BCUT2D eigenvalue weighted by atomic mass is 9.79. The number of allylic oxidation sites excluding steroid dienone is 1. The van der Waals surface area contributed by atoms with Crippen LogP contribution in [-0.2, 0) is 12.8 Å². The fourth-order valence-corrected chi connectivity index (χ4v) is 2.74. The van der Waals surface area contributed by atoms with Gasteiger partial charge >= 0.3 is 0 Å². The van der Waals surface area contributed by atoms with Gasteiger partial charge in [-0.3, -0.25) is 0 Å². The predicted octanol–water partition coefficient (Wildman–Crippen LogP) is 3.48. The van der Waals surface area contributed by atoms with Gasteiger partial charge in [-0.1, -0.05) is 29.8 Å². The molecule has 0 fully saturated rings. The van der Waals surface area contributed by atoms with E-state index < -0.39 is 0 Å². The first-order valence-electron chi connectivity index (χ1n) is 6.63. The van der Waals surface area contributed by atoms with Gasteiger partial charge in [0.2, 0.25) is 0 Å². The van der Waals surface area contributed by atoms with Crippen molar-refractivity contribution in [1.29, 1.82) is 0 Å². The Hall–Kier alpha value is -1.08. The summed E-state index contributed by atoms with van der Waals surface area (Å²) in [5, 5.41) is 0. The van der Waals surface area contributed by atoms with E-state index in [1.807, 2.05) is 0 Å². The Kier molecular flexibility index (Phi) is 4.01. The fraction of sp³-hybridized carbons (Fsp3) is 0.500. The molecule has 0 amide bonds. The van der Waals surface area contributed by atoms with Crippen molar-refractivity contribution in [3.63, 3.8) is 0 Å². The second-order valence-corrected chi connectivity index (χ2v) is 5.43. The normalized spacial score (nSPS) is 20.7. The third kappa shape index (κ3) is 3.19. The first-order valence-corrected chi connectivity index (χ1v) is 6.63. The minimum atomic E-state index is 0.333. The number of benzene rings is 1. The van der Waals surface area contributed by atoms with Crippen molar-refractivity contribution >= 4 is 0 Å². The highest BCUT2D eigenvalue weighted by molar-refractivity contribution is 5.29. The molecule has 2 atom stereocenters. The molecule has 2 N–H and O–H groups in total. The van der Waals surface area contributed by atoms with Gasteiger partial charge in [0.1, 0.15) is 0 Å². The first kappa shape index (κ1) is 12.4. The van der Waals surface area contributed by atoms with Crippen LogP contribution < -0.4 is 5.73 Å². The molecule has 2 rings (SSSR count). The van der Waals surface area contributed by atoms with Crippen molar-refractivity contribution in [2.75, 3.05) is 0 Å². The van der Waals surface area contributed by atoms with Crippen LogP contribution in [0.15, 0.2) is 36.4 Å². The standard InChI is InChI=1S/C16H23N/c1-12(2)7-10-16(17)15-9-8-13-5-3-4-6-14(13)11-15/h3-6,15-16H,1,7-11,17H2,2H3. The Balaban J connectivity index is 1.95. The lowest BCUT2D eigenvalue weighted by Gasteiger charge is -2.29. The molecule has 1 aliphatic carbocycles. The molecule has 17 heavy (non-hydrogen) atoms. The maximum absolute atomic E-state index is 6.31. The van der Waals surface area contributed by atoms with Crippen molar-refractivity contribution in [2.45, 2.75) is 45.1 Å². The van der Waals surface area contributed by atoms with Gasteiger partial charge in [-0.25, -0.2) is 0 Å². The van der Waals surface area contributed by atoms with Gasteiger partial charge in [0.15, 0.2) is 0 Å². The molecule has 2 unspecified atom stereocenters. The van der Waals surface area contributed by atoms with Gasteiger partial charge in [0, 0.05) is 6.04 Å². The Labute approximate surface area is 105 Å². The lowest BCUT2D eigenvalue weighted by Crippen LogP contribution is -2.34. The van der Waals surface area contributed by atoms with E-state index in [1.165, 1.54) is 29.5 Å². The average Bonchev–Trinajstić information content (AvgIpc) is 2.35. The van der Waals surface area contributed by atoms with E-state index >= 15 is 0 Å². The molecule has 0 heterocycles. The summed E-state index contributed by atoms with van der Waals surface area (Å²) in [6.07, 6.45) is 5.75. The fourth-order valence-electron chi connectivity index (χ4n) is 2.74. The molecule has 0 bridgehead atoms. The Morgan fingerprint density at radius 1 is 1.41 bits per heavy atom. The van der Waals surface area contributed by atoms with Crippen LogP contribution in [0.25, 0.3) is 0 Å². The molecule has 1 aromatic carbocycles. The molecular formula is C16H23N. The summed E-state index contributed by atoms with van der Waals surface area (Å²) in [7, 11) is 0. The Morgan fingerprint density at radius 2 is 2.12 bits per heavy atom. The van der Waals surface area contributed by atoms with Crippen molar-refractivity contribution in [1.82, 2.24) is 0 Å². The van der Waals surface area contributed by atoms with Crippen molar-refractivity contribution in [3.05, 3.63) is 47.5 Å². The second-order valence-electron chi connectivity index (χ2n) is 5.43. The van der Waals surface area contributed by atoms with E-state index in [-0.39, 0.29) is 0 Å². The number of hydrogen-bond acceptors (Lipinski definition) is 1. The first-order chi connectivity index (χ1) is 8.16. The van der Waals surface area contributed by atoms with Crippen molar-refractivity contribution in [2.24, 2.45) is 11.7 Å². The Morgan fingerprint density at radius 3 is 2.82 bits per heavy atom. The van der Waals surface area contributed by atoms with Gasteiger partial charge in [-0.05, 0) is 56.1 Å². The zero-order valence-electron chi connectivity index (χ0n) is 10.8. The molecule has 0 spiro atoms. The highest BCUT2D eigenvalue weighted by Crippen LogP contribution is 2.28. The smallest absolute Gasteiger partial charge is 0.00735 e. The number of rotatable bonds is 4. The number of nitrogens with two attached hydrogens (primary N) is 1. The van der Waals surface area contributed by atoms with Gasteiger partial charge in [0.25, 0.3) is 0 Å². The molecule has 92 valence electrons. The summed E-state index contributed by atoms with van der Waals surface area (Å²) in [5.41, 5.74) is 10.6. The third-order valence-electron chi connectivity index (χ3n) is 3.89. The highest BCUT2D eigenvalue weighted by atomic mass is 14.6. The van der Waals surface area contributed by atoms with Crippen LogP contribution in [0.3, 0.4) is 0 Å². The largest absolute Gasteiger partial charge is 0.327 e. The van der Waals surface area contributed by atoms with Crippen LogP contribution in [-0.4, -0.2) is 6.04 Å². The SMILES string of the molecule is C=C(C)CCC(N)C1CCc2ccccc2C1. The van der Waals surface area contributed by atoms with E-state index in [4.69, 9.17) is 5.73 Å². The maximum Gasteiger partial charge on any atom is 0.00735 e.